The van der Waals surface area contributed by atoms with Crippen molar-refractivity contribution in [3.63, 3.8) is 0 Å². The van der Waals surface area contributed by atoms with Crippen LogP contribution < -0.4 is 0 Å². The van der Waals surface area contributed by atoms with E-state index in [0.29, 0.717) is 0 Å². The third kappa shape index (κ3) is 2.33. The number of hydrogen-bond donors (Lipinski definition) is 1. The van der Waals surface area contributed by atoms with E-state index >= 15 is 0 Å². The summed E-state index contributed by atoms with van der Waals surface area (Å²) in [5.41, 5.74) is 3.91. The summed E-state index contributed by atoms with van der Waals surface area (Å²) in [4.78, 5) is 0. The van der Waals surface area contributed by atoms with Crippen LogP contribution in [0, 0.1) is 5.41 Å². The predicted octanol–water partition coefficient (Wildman–Crippen LogP) is 4.05. The van der Waals surface area contributed by atoms with Gasteiger partial charge < -0.3 is 5.11 Å². The number of benzene rings is 1. The highest BCUT2D eigenvalue weighted by atomic mass is 16.3. The molecule has 0 saturated heterocycles. The molecule has 0 aromatic heterocycles. The van der Waals surface area contributed by atoms with E-state index in [1.165, 1.54) is 48.8 Å². The molecule has 1 heteroatoms. The highest BCUT2D eigenvalue weighted by molar-refractivity contribution is 5.36. The van der Waals surface area contributed by atoms with Gasteiger partial charge in [0.2, 0.25) is 0 Å². The first kappa shape index (κ1) is 13.2. The lowest BCUT2D eigenvalue weighted by Gasteiger charge is -2.46. The van der Waals surface area contributed by atoms with Crippen molar-refractivity contribution in [3.05, 3.63) is 34.9 Å². The average Bonchev–Trinajstić information content (AvgIpc) is 2.80. The smallest absolute Gasteiger partial charge is 0.0738 e. The number of rotatable bonds is 2. The molecule has 0 spiro atoms. The number of aliphatic hydroxyl groups is 1. The Bertz CT molecular complexity index is 475. The van der Waals surface area contributed by atoms with Crippen molar-refractivity contribution in [3.8, 4) is 0 Å². The molecule has 1 unspecified atom stereocenters. The Balaban J connectivity index is 1.84. The summed E-state index contributed by atoms with van der Waals surface area (Å²) in [5, 5.41) is 11.1. The van der Waals surface area contributed by atoms with Crippen molar-refractivity contribution in [2.24, 2.45) is 5.41 Å². The molecular formula is C18H26O. The lowest BCUT2D eigenvalue weighted by atomic mass is 9.63. The summed E-state index contributed by atoms with van der Waals surface area (Å²) in [6.45, 7) is 4.47. The zero-order valence-corrected chi connectivity index (χ0v) is 12.3. The van der Waals surface area contributed by atoms with Crippen LogP contribution in [-0.2, 0) is 19.3 Å². The molecule has 0 bridgehead atoms. The highest BCUT2D eigenvalue weighted by Crippen LogP contribution is 2.45. The molecule has 1 fully saturated rings. The molecular weight excluding hydrogens is 232 g/mol. The highest BCUT2D eigenvalue weighted by Gasteiger charge is 2.44. The van der Waals surface area contributed by atoms with Gasteiger partial charge in [0, 0.05) is 6.42 Å². The van der Waals surface area contributed by atoms with Crippen LogP contribution in [0.3, 0.4) is 0 Å². The molecule has 0 heterocycles. The van der Waals surface area contributed by atoms with Crippen molar-refractivity contribution >= 4 is 0 Å². The molecule has 1 N–H and O–H groups in total. The van der Waals surface area contributed by atoms with Gasteiger partial charge in [-0.1, -0.05) is 44.9 Å². The molecule has 1 saturated carbocycles. The van der Waals surface area contributed by atoms with E-state index in [1.54, 1.807) is 0 Å². The fraction of sp³-hybridized carbons (Fsp3) is 0.667. The summed E-state index contributed by atoms with van der Waals surface area (Å²) in [7, 11) is 0. The van der Waals surface area contributed by atoms with Crippen LogP contribution in [-0.4, -0.2) is 10.7 Å². The predicted molar refractivity (Wildman–Crippen MR) is 79.4 cm³/mol. The second-order valence-corrected chi connectivity index (χ2v) is 7.26. The Hall–Kier alpha value is -0.820. The van der Waals surface area contributed by atoms with Crippen LogP contribution in [0.1, 0.15) is 62.6 Å². The van der Waals surface area contributed by atoms with E-state index in [0.717, 1.165) is 19.3 Å². The quantitative estimate of drug-likeness (QED) is 0.848. The molecule has 0 aliphatic heterocycles. The van der Waals surface area contributed by atoms with Gasteiger partial charge in [-0.2, -0.15) is 0 Å². The molecule has 0 radical (unpaired) electrons. The van der Waals surface area contributed by atoms with Crippen molar-refractivity contribution in [1.82, 2.24) is 0 Å². The van der Waals surface area contributed by atoms with E-state index in [4.69, 9.17) is 0 Å². The summed E-state index contributed by atoms with van der Waals surface area (Å²) in [5.74, 6) is 0. The topological polar surface area (TPSA) is 20.2 Å². The van der Waals surface area contributed by atoms with Gasteiger partial charge in [0.25, 0.3) is 0 Å². The summed E-state index contributed by atoms with van der Waals surface area (Å²) in [6, 6.07) is 6.88. The van der Waals surface area contributed by atoms with Gasteiger partial charge in [-0.25, -0.2) is 0 Å². The van der Waals surface area contributed by atoms with Crippen LogP contribution >= 0.6 is 0 Å². The van der Waals surface area contributed by atoms with Gasteiger partial charge in [-0.15, -0.1) is 0 Å². The van der Waals surface area contributed by atoms with E-state index < -0.39 is 5.60 Å². The largest absolute Gasteiger partial charge is 0.389 e. The van der Waals surface area contributed by atoms with Crippen LogP contribution in [0.4, 0.5) is 0 Å². The zero-order valence-electron chi connectivity index (χ0n) is 12.3. The zero-order chi connectivity index (χ0) is 13.5. The van der Waals surface area contributed by atoms with Crippen LogP contribution in [0.2, 0.25) is 0 Å². The number of hydrogen-bond acceptors (Lipinski definition) is 1. The maximum atomic E-state index is 11.1. The normalized spacial score (nSPS) is 29.2. The third-order valence-electron chi connectivity index (χ3n) is 5.56. The van der Waals surface area contributed by atoms with Gasteiger partial charge in [-0.3, -0.25) is 0 Å². The minimum Gasteiger partial charge on any atom is -0.389 e. The SMILES string of the molecule is CC1(C)CCCCC1(O)Cc1ccc2c(c1)CCC2. The van der Waals surface area contributed by atoms with Gasteiger partial charge in [0.05, 0.1) is 5.60 Å². The Labute approximate surface area is 117 Å². The lowest BCUT2D eigenvalue weighted by Crippen LogP contribution is -2.48. The lowest BCUT2D eigenvalue weighted by molar-refractivity contribution is -0.0958. The maximum Gasteiger partial charge on any atom is 0.0738 e. The number of fused-ring (bicyclic) bond motifs is 1. The molecule has 2 aliphatic rings. The molecule has 104 valence electrons. The van der Waals surface area contributed by atoms with E-state index in [-0.39, 0.29) is 5.41 Å². The second kappa shape index (κ2) is 4.63. The van der Waals surface area contributed by atoms with Crippen LogP contribution in [0.25, 0.3) is 0 Å². The monoisotopic (exact) mass is 258 g/mol. The molecule has 19 heavy (non-hydrogen) atoms. The molecule has 1 atom stereocenters. The summed E-state index contributed by atoms with van der Waals surface area (Å²) in [6.07, 6.45) is 9.13. The summed E-state index contributed by atoms with van der Waals surface area (Å²) < 4.78 is 0. The maximum absolute atomic E-state index is 11.1. The first-order valence-corrected chi connectivity index (χ1v) is 7.83. The molecule has 1 aromatic carbocycles. The fourth-order valence-electron chi connectivity index (χ4n) is 3.96. The van der Waals surface area contributed by atoms with Crippen molar-refractivity contribution in [2.75, 3.05) is 0 Å². The van der Waals surface area contributed by atoms with E-state index in [1.807, 2.05) is 0 Å². The first-order chi connectivity index (χ1) is 9.00. The van der Waals surface area contributed by atoms with Gasteiger partial charge >= 0.3 is 0 Å². The minimum atomic E-state index is -0.516. The van der Waals surface area contributed by atoms with Crippen molar-refractivity contribution in [2.45, 2.75) is 70.8 Å². The Morgan fingerprint density at radius 2 is 1.74 bits per heavy atom. The summed E-state index contributed by atoms with van der Waals surface area (Å²) >= 11 is 0. The Morgan fingerprint density at radius 3 is 2.53 bits per heavy atom. The standard InChI is InChI=1S/C18H26O/c1-17(2)10-3-4-11-18(17,19)13-14-8-9-15-6-5-7-16(15)12-14/h8-9,12,19H,3-7,10-11,13H2,1-2H3. The van der Waals surface area contributed by atoms with Crippen molar-refractivity contribution in [1.29, 1.82) is 0 Å². The average molecular weight is 258 g/mol. The third-order valence-corrected chi connectivity index (χ3v) is 5.56. The molecule has 3 rings (SSSR count). The second-order valence-electron chi connectivity index (χ2n) is 7.26. The van der Waals surface area contributed by atoms with Crippen LogP contribution in [0.5, 0.6) is 0 Å². The Kier molecular flexibility index (Phi) is 3.21. The minimum absolute atomic E-state index is 0.0459. The van der Waals surface area contributed by atoms with Crippen molar-refractivity contribution < 1.29 is 5.11 Å². The molecule has 1 aromatic rings. The van der Waals surface area contributed by atoms with Gasteiger partial charge in [-0.05, 0) is 54.2 Å². The molecule has 2 aliphatic carbocycles. The molecule has 0 amide bonds. The van der Waals surface area contributed by atoms with Gasteiger partial charge in [0.15, 0.2) is 0 Å². The number of aryl methyl sites for hydroxylation is 2. The van der Waals surface area contributed by atoms with E-state index in [2.05, 4.69) is 32.0 Å². The molecule has 1 nitrogen and oxygen atoms in total. The Morgan fingerprint density at radius 1 is 1.00 bits per heavy atom. The fourth-order valence-corrected chi connectivity index (χ4v) is 3.96. The van der Waals surface area contributed by atoms with E-state index in [9.17, 15) is 5.11 Å². The van der Waals surface area contributed by atoms with Crippen LogP contribution in [0.15, 0.2) is 18.2 Å². The first-order valence-electron chi connectivity index (χ1n) is 7.83. The van der Waals surface area contributed by atoms with Gasteiger partial charge in [0.1, 0.15) is 0 Å².